The van der Waals surface area contributed by atoms with E-state index in [1.54, 1.807) is 18.2 Å². The van der Waals surface area contributed by atoms with E-state index in [1.807, 2.05) is 91.9 Å². The standard InChI is InChI=1S/C41H32BrNO5/c1-23-20-25(12-19-34(23)44)37-29-17-18-30-36(40(48)43(39(30)47)28-15-13-27(42)14-16-28)32(29)21-33-38(46)31(24-8-4-2-5-9-24)22-35(45)41(33,37)26-10-6-3-7-11-26/h2-17,19-20,22,30,32-33,36-37,44H,18,21H2,1H3/t30-,32+,33-,36-,37-,41-/m0/s1. The third-order valence-corrected chi connectivity index (χ3v) is 11.5. The number of aromatic hydroxyl groups is 1. The van der Waals surface area contributed by atoms with E-state index in [-0.39, 0.29) is 35.6 Å². The average Bonchev–Trinajstić information content (AvgIpc) is 3.36. The van der Waals surface area contributed by atoms with Crippen molar-refractivity contribution in [3.05, 3.63) is 148 Å². The lowest BCUT2D eigenvalue weighted by molar-refractivity contribution is -0.135. The minimum absolute atomic E-state index is 0.133. The number of amides is 2. The Balaban J connectivity index is 1.36. The number of Topliss-reactive ketones (excluding diaryl/α,β-unsaturated/α-hetero) is 1. The summed E-state index contributed by atoms with van der Waals surface area (Å²) in [5, 5.41) is 10.5. The molecule has 3 aliphatic carbocycles. The largest absolute Gasteiger partial charge is 0.508 e. The van der Waals surface area contributed by atoms with Gasteiger partial charge in [0.1, 0.15) is 5.75 Å². The number of allylic oxidation sites excluding steroid dienone is 4. The van der Waals surface area contributed by atoms with Gasteiger partial charge in [0.15, 0.2) is 11.6 Å². The van der Waals surface area contributed by atoms with Crippen LogP contribution in [-0.2, 0) is 24.6 Å². The van der Waals surface area contributed by atoms with Crippen molar-refractivity contribution in [3.63, 3.8) is 0 Å². The zero-order chi connectivity index (χ0) is 33.3. The van der Waals surface area contributed by atoms with E-state index < -0.39 is 35.0 Å². The van der Waals surface area contributed by atoms with Crippen LogP contribution in [-0.4, -0.2) is 28.5 Å². The number of anilines is 1. The van der Waals surface area contributed by atoms with Crippen LogP contribution in [0.25, 0.3) is 5.57 Å². The Kier molecular flexibility index (Phi) is 7.22. The van der Waals surface area contributed by atoms with Crippen LogP contribution >= 0.6 is 15.9 Å². The number of carbonyl (C=O) groups excluding carboxylic acids is 4. The molecule has 6 atom stereocenters. The fraction of sp³-hybridized carbons (Fsp3) is 0.220. The van der Waals surface area contributed by atoms with Crippen LogP contribution in [0.15, 0.2) is 125 Å². The number of ketones is 2. The number of benzene rings is 4. The number of nitrogens with zero attached hydrogens (tertiary/aromatic N) is 1. The normalized spacial score (nSPS) is 28.0. The number of imide groups is 1. The highest BCUT2D eigenvalue weighted by molar-refractivity contribution is 9.10. The maximum atomic E-state index is 15.1. The Labute approximate surface area is 286 Å². The maximum absolute atomic E-state index is 15.1. The molecule has 2 fully saturated rings. The number of hydrogen-bond acceptors (Lipinski definition) is 5. The van der Waals surface area contributed by atoms with Crippen LogP contribution in [0.2, 0.25) is 0 Å². The van der Waals surface area contributed by atoms with Gasteiger partial charge < -0.3 is 5.11 Å². The summed E-state index contributed by atoms with van der Waals surface area (Å²) >= 11 is 3.44. The molecule has 0 bridgehead atoms. The lowest BCUT2D eigenvalue weighted by atomic mass is 9.44. The van der Waals surface area contributed by atoms with Crippen LogP contribution in [0.1, 0.15) is 41.0 Å². The highest BCUT2D eigenvalue weighted by atomic mass is 79.9. The van der Waals surface area contributed by atoms with Crippen molar-refractivity contribution in [1.82, 2.24) is 0 Å². The molecule has 0 unspecified atom stereocenters. The van der Waals surface area contributed by atoms with E-state index in [9.17, 15) is 19.5 Å². The first-order chi connectivity index (χ1) is 23.2. The second-order valence-corrected chi connectivity index (χ2v) is 14.2. The number of rotatable bonds is 4. The van der Waals surface area contributed by atoms with Gasteiger partial charge in [-0.05, 0) is 84.3 Å². The Morgan fingerprint density at radius 2 is 1.50 bits per heavy atom. The molecule has 1 N–H and O–H groups in total. The first-order valence-corrected chi connectivity index (χ1v) is 17.0. The van der Waals surface area contributed by atoms with E-state index in [4.69, 9.17) is 0 Å². The highest BCUT2D eigenvalue weighted by Crippen LogP contribution is 2.63. The zero-order valence-corrected chi connectivity index (χ0v) is 27.8. The molecule has 1 aliphatic heterocycles. The molecule has 48 heavy (non-hydrogen) atoms. The summed E-state index contributed by atoms with van der Waals surface area (Å²) in [4.78, 5) is 59.7. The van der Waals surface area contributed by atoms with Gasteiger partial charge in [0.2, 0.25) is 11.8 Å². The van der Waals surface area contributed by atoms with Crippen LogP contribution < -0.4 is 4.90 Å². The van der Waals surface area contributed by atoms with Crippen molar-refractivity contribution >= 4 is 50.6 Å². The van der Waals surface area contributed by atoms with Crippen molar-refractivity contribution < 1.29 is 24.3 Å². The second-order valence-electron chi connectivity index (χ2n) is 13.3. The molecule has 7 heteroatoms. The lowest BCUT2D eigenvalue weighted by Gasteiger charge is -2.55. The van der Waals surface area contributed by atoms with Crippen LogP contribution in [0.5, 0.6) is 5.75 Å². The molecule has 1 saturated carbocycles. The monoisotopic (exact) mass is 697 g/mol. The molecule has 4 aliphatic rings. The summed E-state index contributed by atoms with van der Waals surface area (Å²) < 4.78 is 0.839. The fourth-order valence-electron chi connectivity index (χ4n) is 8.95. The smallest absolute Gasteiger partial charge is 0.238 e. The van der Waals surface area contributed by atoms with Crippen LogP contribution in [0, 0.1) is 30.6 Å². The van der Waals surface area contributed by atoms with E-state index in [0.29, 0.717) is 28.8 Å². The van der Waals surface area contributed by atoms with Gasteiger partial charge in [0.05, 0.1) is 22.9 Å². The van der Waals surface area contributed by atoms with Crippen molar-refractivity contribution in [2.24, 2.45) is 23.7 Å². The van der Waals surface area contributed by atoms with E-state index in [0.717, 1.165) is 21.2 Å². The molecule has 0 radical (unpaired) electrons. The molecular formula is C41H32BrNO5. The summed E-state index contributed by atoms with van der Waals surface area (Å²) in [7, 11) is 0. The van der Waals surface area contributed by atoms with E-state index >= 15 is 4.79 Å². The number of phenolic OH excluding ortho intramolecular Hbond substituents is 1. The summed E-state index contributed by atoms with van der Waals surface area (Å²) in [6.45, 7) is 1.81. The molecular weight excluding hydrogens is 666 g/mol. The molecule has 1 heterocycles. The Morgan fingerprint density at radius 1 is 0.812 bits per heavy atom. The van der Waals surface area contributed by atoms with Gasteiger partial charge in [0.25, 0.3) is 0 Å². The summed E-state index contributed by atoms with van der Waals surface area (Å²) in [6, 6.07) is 31.3. The molecule has 1 saturated heterocycles. The minimum Gasteiger partial charge on any atom is -0.508 e. The van der Waals surface area contributed by atoms with Gasteiger partial charge in [-0.2, -0.15) is 0 Å². The molecule has 8 rings (SSSR count). The summed E-state index contributed by atoms with van der Waals surface area (Å²) in [5.74, 6) is -3.81. The zero-order valence-electron chi connectivity index (χ0n) is 26.2. The third-order valence-electron chi connectivity index (χ3n) is 11.0. The van der Waals surface area contributed by atoms with Crippen molar-refractivity contribution in [2.45, 2.75) is 31.1 Å². The van der Waals surface area contributed by atoms with Crippen molar-refractivity contribution in [1.29, 1.82) is 0 Å². The van der Waals surface area contributed by atoms with Crippen LogP contribution in [0.3, 0.4) is 0 Å². The maximum Gasteiger partial charge on any atom is 0.238 e. The molecule has 6 nitrogen and oxygen atoms in total. The predicted octanol–water partition coefficient (Wildman–Crippen LogP) is 7.49. The molecule has 4 aromatic carbocycles. The van der Waals surface area contributed by atoms with Gasteiger partial charge in [-0.15, -0.1) is 0 Å². The number of halogens is 1. The average molecular weight is 699 g/mol. The minimum atomic E-state index is -1.30. The SMILES string of the molecule is Cc1cc([C@H]2C3=CC[C@@H]4C(=O)N(c5ccc(Br)cc5)C(=O)[C@@H]4[C@@H]3C[C@H]3C(=O)C(c4ccccc4)=CC(=O)[C@@]23c2ccccc2)ccc1O. The van der Waals surface area contributed by atoms with Gasteiger partial charge in [-0.3, -0.25) is 24.1 Å². The summed E-state index contributed by atoms with van der Waals surface area (Å²) in [5.41, 5.74) is 3.32. The van der Waals surface area contributed by atoms with Crippen molar-refractivity contribution in [2.75, 3.05) is 4.90 Å². The Bertz CT molecular complexity index is 2070. The number of carbonyl (C=O) groups is 4. The Morgan fingerprint density at radius 3 is 2.19 bits per heavy atom. The summed E-state index contributed by atoms with van der Waals surface area (Å²) in [6.07, 6.45) is 4.18. The number of fused-ring (bicyclic) bond motifs is 4. The molecule has 238 valence electrons. The van der Waals surface area contributed by atoms with E-state index in [1.165, 1.54) is 11.0 Å². The lowest BCUT2D eigenvalue weighted by Crippen LogP contribution is -2.58. The third kappa shape index (κ3) is 4.37. The van der Waals surface area contributed by atoms with Gasteiger partial charge >= 0.3 is 0 Å². The van der Waals surface area contributed by atoms with E-state index in [2.05, 4.69) is 22.0 Å². The fourth-order valence-corrected chi connectivity index (χ4v) is 9.22. The quantitative estimate of drug-likeness (QED) is 0.176. The predicted molar refractivity (Wildman–Crippen MR) is 186 cm³/mol. The second kappa shape index (κ2) is 11.4. The van der Waals surface area contributed by atoms with Crippen molar-refractivity contribution in [3.8, 4) is 5.75 Å². The molecule has 2 amide bonds. The Hall–Kier alpha value is -4.88. The number of aryl methyl sites for hydroxylation is 1. The number of phenols is 1. The molecule has 0 aromatic heterocycles. The van der Waals surface area contributed by atoms with Gasteiger partial charge in [-0.25, -0.2) is 0 Å². The van der Waals surface area contributed by atoms with Crippen LogP contribution in [0.4, 0.5) is 5.69 Å². The first-order valence-electron chi connectivity index (χ1n) is 16.3. The van der Waals surface area contributed by atoms with Gasteiger partial charge in [0, 0.05) is 21.9 Å². The molecule has 0 spiro atoms. The number of hydrogen-bond donors (Lipinski definition) is 1. The first kappa shape index (κ1) is 30.5. The molecule has 4 aromatic rings. The highest BCUT2D eigenvalue weighted by Gasteiger charge is 2.66. The van der Waals surface area contributed by atoms with Gasteiger partial charge in [-0.1, -0.05) is 100 Å². The topological polar surface area (TPSA) is 91.8 Å².